The normalized spacial score (nSPS) is 28.8. The standard InChI is InChI=1S/C28H34N4O4/c1-28(2,3)36-27(35)32-15-21(25(33)30-23-12-19(23)17-8-5-4-6-9-17)22(16-32)26(34)31-24-13-20(24)18-10-7-11-29-14-18/h4-11,14,19-24H,12-13,15-16H2,1-3H3,(H,30,33)(H,31,34)/t19-,20-,21-,22-,23+,24+/m1/s1. The molecular weight excluding hydrogens is 456 g/mol. The summed E-state index contributed by atoms with van der Waals surface area (Å²) in [5, 5.41) is 6.25. The first-order valence-corrected chi connectivity index (χ1v) is 12.7. The number of aromatic nitrogens is 1. The minimum Gasteiger partial charge on any atom is -0.444 e. The summed E-state index contributed by atoms with van der Waals surface area (Å²) in [6, 6.07) is 14.1. The first kappa shape index (κ1) is 24.3. The molecule has 0 radical (unpaired) electrons. The second-order valence-corrected chi connectivity index (χ2v) is 11.2. The topological polar surface area (TPSA) is 101 Å². The Hall–Kier alpha value is -3.42. The van der Waals surface area contributed by atoms with Crippen molar-refractivity contribution in [3.63, 3.8) is 0 Å². The van der Waals surface area contributed by atoms with E-state index in [0.29, 0.717) is 0 Å². The van der Waals surface area contributed by atoms with E-state index in [-0.39, 0.29) is 48.8 Å². The van der Waals surface area contributed by atoms with Gasteiger partial charge in [-0.1, -0.05) is 36.4 Å². The van der Waals surface area contributed by atoms with E-state index in [1.807, 2.05) is 36.5 Å². The molecule has 2 aliphatic carbocycles. The molecule has 2 heterocycles. The van der Waals surface area contributed by atoms with Crippen molar-refractivity contribution in [1.29, 1.82) is 0 Å². The van der Waals surface area contributed by atoms with Crippen molar-refractivity contribution in [2.24, 2.45) is 11.8 Å². The summed E-state index contributed by atoms with van der Waals surface area (Å²) in [5.74, 6) is -1.09. The first-order chi connectivity index (χ1) is 17.2. The predicted molar refractivity (Wildman–Crippen MR) is 134 cm³/mol. The monoisotopic (exact) mass is 490 g/mol. The van der Waals surface area contributed by atoms with Crippen LogP contribution in [-0.2, 0) is 14.3 Å². The Morgan fingerprint density at radius 3 is 1.94 bits per heavy atom. The lowest BCUT2D eigenvalue weighted by Crippen LogP contribution is -2.43. The summed E-state index contributed by atoms with van der Waals surface area (Å²) in [5.41, 5.74) is 1.64. The van der Waals surface area contributed by atoms with Crippen LogP contribution in [0.2, 0.25) is 0 Å². The average Bonchev–Trinajstić information content (AvgIpc) is 3.74. The van der Waals surface area contributed by atoms with Crippen LogP contribution in [0.15, 0.2) is 54.9 Å². The van der Waals surface area contributed by atoms with Crippen molar-refractivity contribution < 1.29 is 19.1 Å². The quantitative estimate of drug-likeness (QED) is 0.648. The van der Waals surface area contributed by atoms with Crippen molar-refractivity contribution in [2.45, 2.75) is 63.1 Å². The van der Waals surface area contributed by atoms with Crippen molar-refractivity contribution >= 4 is 17.9 Å². The van der Waals surface area contributed by atoms with Gasteiger partial charge in [0.25, 0.3) is 0 Å². The summed E-state index contributed by atoms with van der Waals surface area (Å²) in [4.78, 5) is 45.1. The van der Waals surface area contributed by atoms with Gasteiger partial charge in [0.1, 0.15) is 5.60 Å². The first-order valence-electron chi connectivity index (χ1n) is 12.7. The maximum atomic E-state index is 13.3. The lowest BCUT2D eigenvalue weighted by Gasteiger charge is -2.24. The van der Waals surface area contributed by atoms with Gasteiger partial charge in [-0.3, -0.25) is 14.6 Å². The highest BCUT2D eigenvalue weighted by Crippen LogP contribution is 2.42. The third kappa shape index (κ3) is 5.53. The van der Waals surface area contributed by atoms with Crippen LogP contribution in [0.1, 0.15) is 56.6 Å². The van der Waals surface area contributed by atoms with Crippen LogP contribution in [0.5, 0.6) is 0 Å². The molecule has 0 unspecified atom stereocenters. The number of pyridine rings is 1. The van der Waals surface area contributed by atoms with E-state index in [1.54, 1.807) is 27.0 Å². The lowest BCUT2D eigenvalue weighted by atomic mass is 9.94. The Morgan fingerprint density at radius 2 is 1.42 bits per heavy atom. The van der Waals surface area contributed by atoms with E-state index in [1.165, 1.54) is 10.5 Å². The van der Waals surface area contributed by atoms with E-state index in [0.717, 1.165) is 18.4 Å². The maximum absolute atomic E-state index is 13.3. The molecule has 8 nitrogen and oxygen atoms in total. The van der Waals surface area contributed by atoms with Crippen molar-refractivity contribution in [3.8, 4) is 0 Å². The van der Waals surface area contributed by atoms with E-state index in [4.69, 9.17) is 4.74 Å². The number of likely N-dealkylation sites (tertiary alicyclic amines) is 1. The average molecular weight is 491 g/mol. The molecule has 1 aliphatic heterocycles. The van der Waals surface area contributed by atoms with Gasteiger partial charge in [0.15, 0.2) is 0 Å². The van der Waals surface area contributed by atoms with Gasteiger partial charge in [-0.2, -0.15) is 0 Å². The van der Waals surface area contributed by atoms with Gasteiger partial charge < -0.3 is 20.3 Å². The van der Waals surface area contributed by atoms with Crippen LogP contribution in [0.4, 0.5) is 4.79 Å². The van der Waals surface area contributed by atoms with Crippen molar-refractivity contribution in [3.05, 3.63) is 66.0 Å². The fourth-order valence-electron chi connectivity index (χ4n) is 5.13. The van der Waals surface area contributed by atoms with Crippen LogP contribution in [0.3, 0.4) is 0 Å². The number of nitrogens with one attached hydrogen (secondary N) is 2. The Bertz CT molecular complexity index is 1040. The fourth-order valence-corrected chi connectivity index (χ4v) is 5.13. The smallest absolute Gasteiger partial charge is 0.410 e. The number of nitrogens with zero attached hydrogens (tertiary/aromatic N) is 2. The molecular formula is C28H34N4O4. The number of benzene rings is 1. The molecule has 3 amide bonds. The SMILES string of the molecule is CC(C)(C)OC(=O)N1C[C@@H](C(=O)N[C@H]2C[C@@H]2c2ccccc2)[C@H](C(=O)N[C@H]2C[C@@H]2c2cccnc2)C1. The number of ether oxygens (including phenoxy) is 1. The number of hydrogen-bond acceptors (Lipinski definition) is 5. The summed E-state index contributed by atoms with van der Waals surface area (Å²) < 4.78 is 5.53. The summed E-state index contributed by atoms with van der Waals surface area (Å²) in [7, 11) is 0. The molecule has 0 spiro atoms. The van der Waals surface area contributed by atoms with Gasteiger partial charge in [0.05, 0.1) is 11.8 Å². The molecule has 190 valence electrons. The highest BCUT2D eigenvalue weighted by atomic mass is 16.6. The second-order valence-electron chi connectivity index (χ2n) is 11.2. The van der Waals surface area contributed by atoms with Crippen molar-refractivity contribution in [1.82, 2.24) is 20.5 Å². The zero-order valence-corrected chi connectivity index (χ0v) is 21.0. The Balaban J connectivity index is 1.24. The highest BCUT2D eigenvalue weighted by Gasteiger charge is 2.49. The number of carbonyl (C=O) groups excluding carboxylic acids is 3. The molecule has 0 bridgehead atoms. The third-order valence-electron chi connectivity index (χ3n) is 7.22. The largest absolute Gasteiger partial charge is 0.444 e. The number of carbonyl (C=O) groups is 3. The minimum atomic E-state index is -0.656. The summed E-state index contributed by atoms with van der Waals surface area (Å²) in [6.07, 6.45) is 4.78. The number of amides is 3. The summed E-state index contributed by atoms with van der Waals surface area (Å²) in [6.45, 7) is 5.74. The van der Waals surface area contributed by atoms with Crippen LogP contribution >= 0.6 is 0 Å². The minimum absolute atomic E-state index is 0.0203. The van der Waals surface area contributed by atoms with Gasteiger partial charge in [0.2, 0.25) is 11.8 Å². The van der Waals surface area contributed by atoms with E-state index in [9.17, 15) is 14.4 Å². The second kappa shape index (κ2) is 9.56. The van der Waals surface area contributed by atoms with Crippen molar-refractivity contribution in [2.75, 3.05) is 13.1 Å². The lowest BCUT2D eigenvalue weighted by molar-refractivity contribution is -0.133. The zero-order valence-electron chi connectivity index (χ0n) is 21.0. The molecule has 36 heavy (non-hydrogen) atoms. The molecule has 3 aliphatic rings. The number of hydrogen-bond donors (Lipinski definition) is 2. The highest BCUT2D eigenvalue weighted by molar-refractivity contribution is 5.90. The summed E-state index contributed by atoms with van der Waals surface area (Å²) >= 11 is 0. The molecule has 6 atom stereocenters. The van der Waals surface area contributed by atoms with Crippen LogP contribution < -0.4 is 10.6 Å². The molecule has 1 aromatic heterocycles. The Kier molecular flexibility index (Phi) is 6.45. The zero-order chi connectivity index (χ0) is 25.4. The van der Waals surface area contributed by atoms with Gasteiger partial charge in [-0.15, -0.1) is 0 Å². The van der Waals surface area contributed by atoms with E-state index in [2.05, 4.69) is 27.8 Å². The van der Waals surface area contributed by atoms with Gasteiger partial charge in [-0.05, 0) is 50.8 Å². The molecule has 2 aromatic rings. The third-order valence-corrected chi connectivity index (χ3v) is 7.22. The molecule has 1 aromatic carbocycles. The molecule has 3 fully saturated rings. The maximum Gasteiger partial charge on any atom is 0.410 e. The van der Waals surface area contributed by atoms with Crippen LogP contribution in [0.25, 0.3) is 0 Å². The molecule has 5 rings (SSSR count). The van der Waals surface area contributed by atoms with E-state index >= 15 is 0 Å². The fraction of sp³-hybridized carbons (Fsp3) is 0.500. The van der Waals surface area contributed by atoms with Gasteiger partial charge in [0, 0.05) is 49.4 Å². The Morgan fingerprint density at radius 1 is 0.861 bits per heavy atom. The molecule has 2 saturated carbocycles. The van der Waals surface area contributed by atoms with Gasteiger partial charge in [-0.25, -0.2) is 4.79 Å². The predicted octanol–water partition coefficient (Wildman–Crippen LogP) is 3.21. The van der Waals surface area contributed by atoms with E-state index < -0.39 is 23.5 Å². The molecule has 1 saturated heterocycles. The van der Waals surface area contributed by atoms with Gasteiger partial charge >= 0.3 is 6.09 Å². The number of rotatable bonds is 6. The van der Waals surface area contributed by atoms with Crippen LogP contribution in [0, 0.1) is 11.8 Å². The Labute approximate surface area is 211 Å². The van der Waals surface area contributed by atoms with Crippen LogP contribution in [-0.4, -0.2) is 58.6 Å². The molecule has 2 N–H and O–H groups in total. The molecule has 8 heteroatoms.